The summed E-state index contributed by atoms with van der Waals surface area (Å²) in [4.78, 5) is 14.1. The Morgan fingerprint density at radius 1 is 1.11 bits per heavy atom. The Kier molecular flexibility index (Phi) is 8.15. The molecular formula is C18H28N4O3S2. The first-order valence-electron chi connectivity index (χ1n) is 9.22. The molecule has 0 radical (unpaired) electrons. The van der Waals surface area contributed by atoms with Crippen molar-refractivity contribution in [3.05, 3.63) is 24.3 Å². The Labute approximate surface area is 167 Å². The second kappa shape index (κ2) is 10.1. The number of thiocarbonyl (C=S) groups is 1. The molecule has 0 spiro atoms. The molecule has 1 fully saturated rings. The number of amides is 1. The average molecular weight is 413 g/mol. The fourth-order valence-corrected chi connectivity index (χ4v) is 4.43. The van der Waals surface area contributed by atoms with Gasteiger partial charge in [-0.05, 0) is 50.0 Å². The molecular weight excluding hydrogens is 384 g/mol. The van der Waals surface area contributed by atoms with Crippen LogP contribution in [0.2, 0.25) is 0 Å². The summed E-state index contributed by atoms with van der Waals surface area (Å²) >= 11 is 5.14. The monoisotopic (exact) mass is 412 g/mol. The van der Waals surface area contributed by atoms with Gasteiger partial charge in [-0.2, -0.15) is 4.31 Å². The van der Waals surface area contributed by atoms with E-state index in [0.29, 0.717) is 25.2 Å². The fourth-order valence-electron chi connectivity index (χ4n) is 2.77. The molecule has 1 aromatic carbocycles. The second-order valence-electron chi connectivity index (χ2n) is 6.69. The van der Waals surface area contributed by atoms with Crippen molar-refractivity contribution in [2.45, 2.75) is 37.5 Å². The Morgan fingerprint density at radius 2 is 1.74 bits per heavy atom. The number of rotatable bonds is 7. The third kappa shape index (κ3) is 6.53. The smallest absolute Gasteiger partial charge is 0.243 e. The first-order valence-corrected chi connectivity index (χ1v) is 11.1. The Balaban J connectivity index is 1.90. The maximum absolute atomic E-state index is 12.7. The van der Waals surface area contributed by atoms with Crippen LogP contribution in [0.3, 0.4) is 0 Å². The van der Waals surface area contributed by atoms with Crippen LogP contribution in [0.25, 0.3) is 0 Å². The predicted octanol–water partition coefficient (Wildman–Crippen LogP) is 2.02. The molecule has 1 saturated heterocycles. The topological polar surface area (TPSA) is 81.8 Å². The van der Waals surface area contributed by atoms with E-state index in [1.54, 1.807) is 24.3 Å². The molecule has 0 saturated carbocycles. The van der Waals surface area contributed by atoms with Crippen molar-refractivity contribution in [2.75, 3.05) is 38.5 Å². The summed E-state index contributed by atoms with van der Waals surface area (Å²) < 4.78 is 26.9. The molecule has 0 aliphatic carbocycles. The number of sulfonamides is 1. The molecule has 27 heavy (non-hydrogen) atoms. The van der Waals surface area contributed by atoms with Gasteiger partial charge >= 0.3 is 0 Å². The van der Waals surface area contributed by atoms with Crippen LogP contribution in [0, 0.1) is 0 Å². The molecule has 0 atom stereocenters. The minimum Gasteiger partial charge on any atom is -0.332 e. The third-order valence-corrected chi connectivity index (χ3v) is 6.59. The molecule has 7 nitrogen and oxygen atoms in total. The molecule has 2 N–H and O–H groups in total. The number of carbonyl (C=O) groups excluding carboxylic acids is 1. The molecule has 9 heteroatoms. The summed E-state index contributed by atoms with van der Waals surface area (Å²) in [5.74, 6) is -0.116. The van der Waals surface area contributed by atoms with Crippen LogP contribution in [-0.2, 0) is 14.8 Å². The van der Waals surface area contributed by atoms with Gasteiger partial charge in [0.15, 0.2) is 5.11 Å². The Morgan fingerprint density at radius 3 is 2.33 bits per heavy atom. The lowest BCUT2D eigenvalue weighted by Gasteiger charge is -2.31. The van der Waals surface area contributed by atoms with Crippen LogP contribution in [-0.4, -0.2) is 61.9 Å². The number of likely N-dealkylation sites (N-methyl/N-ethyl adjacent to an activating group) is 1. The number of nitrogens with zero attached hydrogens (tertiary/aromatic N) is 2. The van der Waals surface area contributed by atoms with E-state index in [2.05, 4.69) is 22.5 Å². The highest BCUT2D eigenvalue weighted by atomic mass is 32.2. The van der Waals surface area contributed by atoms with Crippen LogP contribution < -0.4 is 10.6 Å². The van der Waals surface area contributed by atoms with E-state index in [0.717, 1.165) is 32.4 Å². The van der Waals surface area contributed by atoms with Gasteiger partial charge in [0, 0.05) is 38.3 Å². The van der Waals surface area contributed by atoms with Crippen molar-refractivity contribution < 1.29 is 13.2 Å². The number of hydrogen-bond donors (Lipinski definition) is 2. The lowest BCUT2D eigenvalue weighted by Crippen LogP contribution is -2.46. The molecule has 150 valence electrons. The average Bonchev–Trinajstić information content (AvgIpc) is 2.62. The molecule has 1 aliphatic heterocycles. The zero-order chi connectivity index (χ0) is 19.9. The first kappa shape index (κ1) is 21.7. The van der Waals surface area contributed by atoms with Gasteiger partial charge in [0.1, 0.15) is 0 Å². The maximum atomic E-state index is 12.7. The van der Waals surface area contributed by atoms with Crippen LogP contribution in [0.15, 0.2) is 29.2 Å². The van der Waals surface area contributed by atoms with Gasteiger partial charge in [0.05, 0.1) is 4.90 Å². The molecule has 0 bridgehead atoms. The zero-order valence-electron chi connectivity index (χ0n) is 15.9. The van der Waals surface area contributed by atoms with Crippen molar-refractivity contribution in [1.82, 2.24) is 14.5 Å². The van der Waals surface area contributed by atoms with Crippen LogP contribution in [0.5, 0.6) is 0 Å². The van der Waals surface area contributed by atoms with Gasteiger partial charge in [-0.15, -0.1) is 0 Å². The number of unbranched alkanes of at least 4 members (excludes halogenated alkanes) is 2. The number of benzene rings is 1. The molecule has 1 heterocycles. The number of carbonyl (C=O) groups is 1. The minimum absolute atomic E-state index is 0.116. The third-order valence-electron chi connectivity index (χ3n) is 4.47. The predicted molar refractivity (Wildman–Crippen MR) is 111 cm³/mol. The van der Waals surface area contributed by atoms with Crippen molar-refractivity contribution in [2.24, 2.45) is 0 Å². The molecule has 0 unspecified atom stereocenters. The Bertz CT molecular complexity index is 742. The zero-order valence-corrected chi connectivity index (χ0v) is 17.5. The molecule has 1 amide bonds. The van der Waals surface area contributed by atoms with Gasteiger partial charge in [0.2, 0.25) is 15.9 Å². The Hall–Kier alpha value is -1.55. The maximum Gasteiger partial charge on any atom is 0.243 e. The van der Waals surface area contributed by atoms with Crippen molar-refractivity contribution in [3.8, 4) is 0 Å². The molecule has 1 aliphatic rings. The quantitative estimate of drug-likeness (QED) is 0.527. The standard InChI is InChI=1S/C18H28N4O3S2/c1-3-4-5-6-17(23)20-18(26)19-15-7-9-16(10-8-15)27(24,25)22-13-11-21(2)12-14-22/h7-10H,3-6,11-14H2,1-2H3,(H2,19,20,23,26). The van der Waals surface area contributed by atoms with Crippen LogP contribution in [0.1, 0.15) is 32.6 Å². The normalized spacial score (nSPS) is 16.1. The minimum atomic E-state index is -3.49. The lowest BCUT2D eigenvalue weighted by molar-refractivity contribution is -0.119. The van der Waals surface area contributed by atoms with Crippen LogP contribution >= 0.6 is 12.2 Å². The first-order chi connectivity index (χ1) is 12.8. The molecule has 1 aromatic rings. The van der Waals surface area contributed by atoms with Crippen molar-refractivity contribution >= 4 is 38.9 Å². The number of nitrogens with one attached hydrogen (secondary N) is 2. The molecule has 0 aromatic heterocycles. The number of anilines is 1. The number of piperazine rings is 1. The van der Waals surface area contributed by atoms with Gasteiger partial charge in [-0.1, -0.05) is 19.8 Å². The summed E-state index contributed by atoms with van der Waals surface area (Å²) in [6, 6.07) is 6.42. The van der Waals surface area contributed by atoms with Gasteiger partial charge in [0.25, 0.3) is 0 Å². The van der Waals surface area contributed by atoms with E-state index < -0.39 is 10.0 Å². The second-order valence-corrected chi connectivity index (χ2v) is 9.04. The highest BCUT2D eigenvalue weighted by molar-refractivity contribution is 7.89. The summed E-state index contributed by atoms with van der Waals surface area (Å²) in [6.07, 6.45) is 3.35. The fraction of sp³-hybridized carbons (Fsp3) is 0.556. The highest BCUT2D eigenvalue weighted by Gasteiger charge is 2.27. The van der Waals surface area contributed by atoms with Gasteiger partial charge in [-0.25, -0.2) is 8.42 Å². The van der Waals surface area contributed by atoms with Gasteiger partial charge < -0.3 is 15.5 Å². The highest BCUT2D eigenvalue weighted by Crippen LogP contribution is 2.19. The molecule has 2 rings (SSSR count). The lowest BCUT2D eigenvalue weighted by atomic mass is 10.2. The van der Waals surface area contributed by atoms with Gasteiger partial charge in [-0.3, -0.25) is 4.79 Å². The summed E-state index contributed by atoms with van der Waals surface area (Å²) in [5, 5.41) is 5.76. The van der Waals surface area contributed by atoms with E-state index in [9.17, 15) is 13.2 Å². The van der Waals surface area contributed by atoms with E-state index in [4.69, 9.17) is 12.2 Å². The van der Waals surface area contributed by atoms with Crippen molar-refractivity contribution in [3.63, 3.8) is 0 Å². The van der Waals surface area contributed by atoms with E-state index in [1.807, 2.05) is 7.05 Å². The van der Waals surface area contributed by atoms with Crippen molar-refractivity contribution in [1.29, 1.82) is 0 Å². The van der Waals surface area contributed by atoms with Crippen LogP contribution in [0.4, 0.5) is 5.69 Å². The summed E-state index contributed by atoms with van der Waals surface area (Å²) in [6.45, 7) is 4.52. The number of hydrogen-bond acceptors (Lipinski definition) is 5. The summed E-state index contributed by atoms with van der Waals surface area (Å²) in [7, 11) is -1.50. The van der Waals surface area contributed by atoms with E-state index in [1.165, 1.54) is 4.31 Å². The SMILES string of the molecule is CCCCCC(=O)NC(=S)Nc1ccc(S(=O)(=O)N2CCN(C)CC2)cc1. The summed E-state index contributed by atoms with van der Waals surface area (Å²) in [5.41, 5.74) is 0.631. The van der Waals surface area contributed by atoms with E-state index in [-0.39, 0.29) is 15.9 Å². The largest absolute Gasteiger partial charge is 0.332 e. The van der Waals surface area contributed by atoms with E-state index >= 15 is 0 Å².